The number of hydrogen-bond donors (Lipinski definition) is 1. The summed E-state index contributed by atoms with van der Waals surface area (Å²) in [7, 11) is 0. The van der Waals surface area contributed by atoms with E-state index in [-0.39, 0.29) is 17.1 Å². The normalized spacial score (nSPS) is 10.2. The molecule has 2 aromatic carbocycles. The summed E-state index contributed by atoms with van der Waals surface area (Å²) in [6.07, 6.45) is 0. The first kappa shape index (κ1) is 14.4. The van der Waals surface area contributed by atoms with E-state index in [2.05, 4.69) is 5.32 Å². The maximum Gasteiger partial charge on any atom is 0.299 e. The molecule has 0 aliphatic carbocycles. The predicted molar refractivity (Wildman–Crippen MR) is 78.9 cm³/mol. The molecule has 0 heterocycles. The minimum Gasteiger partial charge on any atom is -0.350 e. The van der Waals surface area contributed by atoms with Gasteiger partial charge >= 0.3 is 0 Å². The third-order valence-corrected chi connectivity index (χ3v) is 3.26. The molecule has 0 radical (unpaired) electrons. The molecular weight excluding hydrogens is 274 g/mol. The third-order valence-electron chi connectivity index (χ3n) is 3.26. The van der Waals surface area contributed by atoms with Gasteiger partial charge in [-0.05, 0) is 37.1 Å². The van der Waals surface area contributed by atoms with E-state index in [0.717, 1.165) is 22.9 Å². The smallest absolute Gasteiger partial charge is 0.299 e. The van der Waals surface area contributed by atoms with Crippen LogP contribution in [0, 0.1) is 34.1 Å². The van der Waals surface area contributed by atoms with Gasteiger partial charge in [0.1, 0.15) is 5.69 Å². The lowest BCUT2D eigenvalue weighted by atomic mass is 10.1. The van der Waals surface area contributed by atoms with Crippen LogP contribution in [0.25, 0.3) is 0 Å². The van der Waals surface area contributed by atoms with E-state index in [1.54, 1.807) is 6.07 Å². The Labute approximate surface area is 120 Å². The van der Waals surface area contributed by atoms with Gasteiger partial charge in [0.2, 0.25) is 0 Å². The molecule has 0 spiro atoms. The monoisotopic (exact) mass is 287 g/mol. The van der Waals surface area contributed by atoms with Gasteiger partial charge in [-0.2, -0.15) is 0 Å². The Bertz CT molecular complexity index is 728. The second-order valence-corrected chi connectivity index (χ2v) is 4.59. The molecule has 7 nitrogen and oxygen atoms in total. The Hall–Kier alpha value is -2.96. The Balaban J connectivity index is 2.46. The summed E-state index contributed by atoms with van der Waals surface area (Å²) in [5.41, 5.74) is 2.32. The summed E-state index contributed by atoms with van der Waals surface area (Å²) in [4.78, 5) is 20.5. The molecule has 0 unspecified atom stereocenters. The Morgan fingerprint density at radius 2 is 1.67 bits per heavy atom. The molecule has 21 heavy (non-hydrogen) atoms. The average Bonchev–Trinajstić information content (AvgIpc) is 2.43. The summed E-state index contributed by atoms with van der Waals surface area (Å²) in [5, 5.41) is 24.8. The van der Waals surface area contributed by atoms with E-state index < -0.39 is 9.85 Å². The van der Waals surface area contributed by atoms with Crippen LogP contribution in [0.1, 0.15) is 11.1 Å². The van der Waals surface area contributed by atoms with Gasteiger partial charge in [-0.1, -0.05) is 12.1 Å². The van der Waals surface area contributed by atoms with Crippen molar-refractivity contribution in [2.75, 3.05) is 5.32 Å². The summed E-state index contributed by atoms with van der Waals surface area (Å²) in [5.74, 6) is 0. The van der Waals surface area contributed by atoms with Gasteiger partial charge in [0.15, 0.2) is 0 Å². The molecular formula is C14H13N3O4. The number of rotatable bonds is 4. The lowest BCUT2D eigenvalue weighted by Crippen LogP contribution is -2.00. The van der Waals surface area contributed by atoms with Crippen LogP contribution in [0.2, 0.25) is 0 Å². The lowest BCUT2D eigenvalue weighted by molar-refractivity contribution is -0.393. The van der Waals surface area contributed by atoms with Crippen LogP contribution in [0.15, 0.2) is 36.4 Å². The zero-order valence-corrected chi connectivity index (χ0v) is 11.5. The number of anilines is 2. The molecule has 0 saturated heterocycles. The summed E-state index contributed by atoms with van der Waals surface area (Å²) in [6.45, 7) is 3.83. The highest BCUT2D eigenvalue weighted by Crippen LogP contribution is 2.32. The fraction of sp³-hybridized carbons (Fsp3) is 0.143. The zero-order chi connectivity index (χ0) is 15.6. The number of non-ortho nitro benzene ring substituents is 1. The standard InChI is InChI=1S/C14H13N3O4/c1-9-4-3-5-12(10(9)2)15-13-7-6-11(16(18)19)8-14(13)17(20)21/h3-8,15H,1-2H3. The molecule has 0 aromatic heterocycles. The number of nitro benzene ring substituents is 2. The van der Waals surface area contributed by atoms with Crippen LogP contribution in [0.5, 0.6) is 0 Å². The average molecular weight is 287 g/mol. The van der Waals surface area contributed by atoms with Crippen LogP contribution in [-0.4, -0.2) is 9.85 Å². The van der Waals surface area contributed by atoms with Crippen molar-refractivity contribution in [3.63, 3.8) is 0 Å². The van der Waals surface area contributed by atoms with Crippen LogP contribution in [0.4, 0.5) is 22.7 Å². The molecule has 0 atom stereocenters. The molecule has 0 aliphatic rings. The number of hydrogen-bond acceptors (Lipinski definition) is 5. The van der Waals surface area contributed by atoms with Crippen LogP contribution < -0.4 is 5.32 Å². The van der Waals surface area contributed by atoms with Crippen molar-refractivity contribution in [2.24, 2.45) is 0 Å². The quantitative estimate of drug-likeness (QED) is 0.680. The largest absolute Gasteiger partial charge is 0.350 e. The second-order valence-electron chi connectivity index (χ2n) is 4.59. The predicted octanol–water partition coefficient (Wildman–Crippen LogP) is 3.86. The van der Waals surface area contributed by atoms with Gasteiger partial charge in [0, 0.05) is 11.8 Å². The number of nitro groups is 2. The zero-order valence-electron chi connectivity index (χ0n) is 11.5. The van der Waals surface area contributed by atoms with E-state index in [9.17, 15) is 20.2 Å². The molecule has 7 heteroatoms. The van der Waals surface area contributed by atoms with Gasteiger partial charge in [-0.3, -0.25) is 20.2 Å². The molecule has 1 N–H and O–H groups in total. The van der Waals surface area contributed by atoms with Gasteiger partial charge < -0.3 is 5.32 Å². The molecule has 108 valence electrons. The van der Waals surface area contributed by atoms with Crippen LogP contribution in [0.3, 0.4) is 0 Å². The molecule has 0 fully saturated rings. The molecule has 2 rings (SSSR count). The van der Waals surface area contributed by atoms with Crippen molar-refractivity contribution in [1.82, 2.24) is 0 Å². The fourth-order valence-corrected chi connectivity index (χ4v) is 1.92. The highest BCUT2D eigenvalue weighted by atomic mass is 16.6. The highest BCUT2D eigenvalue weighted by molar-refractivity contribution is 5.73. The topological polar surface area (TPSA) is 98.3 Å². The number of aryl methyl sites for hydroxylation is 1. The van der Waals surface area contributed by atoms with E-state index in [0.29, 0.717) is 0 Å². The molecule has 0 amide bonds. The molecule has 0 bridgehead atoms. The van der Waals surface area contributed by atoms with Crippen LogP contribution >= 0.6 is 0 Å². The first-order valence-corrected chi connectivity index (χ1v) is 6.16. The van der Waals surface area contributed by atoms with Crippen molar-refractivity contribution in [2.45, 2.75) is 13.8 Å². The van der Waals surface area contributed by atoms with E-state index >= 15 is 0 Å². The minimum absolute atomic E-state index is 0.222. The first-order valence-electron chi connectivity index (χ1n) is 6.16. The maximum absolute atomic E-state index is 11.1. The third kappa shape index (κ3) is 2.97. The first-order chi connectivity index (χ1) is 9.90. The fourth-order valence-electron chi connectivity index (χ4n) is 1.92. The van der Waals surface area contributed by atoms with Crippen molar-refractivity contribution in [3.05, 3.63) is 67.8 Å². The van der Waals surface area contributed by atoms with Gasteiger partial charge in [0.05, 0.1) is 15.9 Å². The Morgan fingerprint density at radius 1 is 0.952 bits per heavy atom. The van der Waals surface area contributed by atoms with Crippen molar-refractivity contribution < 1.29 is 9.85 Å². The number of nitrogens with one attached hydrogen (secondary N) is 1. The molecule has 0 aliphatic heterocycles. The minimum atomic E-state index is -0.658. The van der Waals surface area contributed by atoms with Crippen molar-refractivity contribution >= 4 is 22.7 Å². The number of benzene rings is 2. The van der Waals surface area contributed by atoms with Gasteiger partial charge in [0.25, 0.3) is 11.4 Å². The highest BCUT2D eigenvalue weighted by Gasteiger charge is 2.19. The van der Waals surface area contributed by atoms with Crippen molar-refractivity contribution in [3.8, 4) is 0 Å². The van der Waals surface area contributed by atoms with Gasteiger partial charge in [-0.25, -0.2) is 0 Å². The van der Waals surface area contributed by atoms with Crippen LogP contribution in [-0.2, 0) is 0 Å². The Morgan fingerprint density at radius 3 is 2.29 bits per heavy atom. The summed E-state index contributed by atoms with van der Waals surface area (Å²) in [6, 6.07) is 9.10. The summed E-state index contributed by atoms with van der Waals surface area (Å²) < 4.78 is 0. The van der Waals surface area contributed by atoms with Crippen molar-refractivity contribution in [1.29, 1.82) is 0 Å². The molecule has 2 aromatic rings. The summed E-state index contributed by atoms with van der Waals surface area (Å²) >= 11 is 0. The van der Waals surface area contributed by atoms with E-state index in [1.807, 2.05) is 26.0 Å². The number of nitrogens with zero attached hydrogens (tertiary/aromatic N) is 2. The Kier molecular flexibility index (Phi) is 3.84. The van der Waals surface area contributed by atoms with E-state index in [1.165, 1.54) is 12.1 Å². The second kappa shape index (κ2) is 5.58. The van der Waals surface area contributed by atoms with E-state index in [4.69, 9.17) is 0 Å². The SMILES string of the molecule is Cc1cccc(Nc2ccc([N+](=O)[O-])cc2[N+](=O)[O-])c1C. The molecule has 0 saturated carbocycles. The van der Waals surface area contributed by atoms with Gasteiger partial charge in [-0.15, -0.1) is 0 Å². The maximum atomic E-state index is 11.1. The lowest BCUT2D eigenvalue weighted by Gasteiger charge is -2.11.